The summed E-state index contributed by atoms with van der Waals surface area (Å²) in [6.45, 7) is 1.65. The van der Waals surface area contributed by atoms with Crippen LogP contribution < -0.4 is 4.74 Å². The molecule has 15 heavy (non-hydrogen) atoms. The maximum Gasteiger partial charge on any atom is 0.213 e. The molecule has 0 spiro atoms. The third-order valence-corrected chi connectivity index (χ3v) is 1.87. The van der Waals surface area contributed by atoms with E-state index in [4.69, 9.17) is 10.00 Å². The van der Waals surface area contributed by atoms with Gasteiger partial charge >= 0.3 is 0 Å². The molecule has 0 saturated heterocycles. The molecule has 0 N–H and O–H groups in total. The molecule has 1 aromatic rings. The standard InChI is InChI=1S/C11H15N3O/c1-14(2)6-3-7-15-11-5-4-10(8-12)9-13-11/h4-5,9H,3,6-7H2,1-2H3. The Balaban J connectivity index is 2.29. The van der Waals surface area contributed by atoms with Gasteiger partial charge in [-0.15, -0.1) is 0 Å². The van der Waals surface area contributed by atoms with E-state index in [1.54, 1.807) is 12.1 Å². The van der Waals surface area contributed by atoms with Gasteiger partial charge < -0.3 is 9.64 Å². The van der Waals surface area contributed by atoms with Crippen LogP contribution >= 0.6 is 0 Å². The van der Waals surface area contributed by atoms with Gasteiger partial charge in [0.05, 0.1) is 12.2 Å². The third kappa shape index (κ3) is 4.43. The molecule has 0 amide bonds. The van der Waals surface area contributed by atoms with Gasteiger partial charge in [-0.2, -0.15) is 5.26 Å². The Morgan fingerprint density at radius 2 is 2.27 bits per heavy atom. The van der Waals surface area contributed by atoms with Gasteiger partial charge in [-0.3, -0.25) is 0 Å². The molecule has 1 rings (SSSR count). The van der Waals surface area contributed by atoms with Gasteiger partial charge in [-0.25, -0.2) is 4.98 Å². The highest BCUT2D eigenvalue weighted by Gasteiger charge is 1.96. The van der Waals surface area contributed by atoms with Gasteiger partial charge in [0.25, 0.3) is 0 Å². The van der Waals surface area contributed by atoms with Crippen LogP contribution in [-0.2, 0) is 0 Å². The lowest BCUT2D eigenvalue weighted by Gasteiger charge is -2.09. The fourth-order valence-electron chi connectivity index (χ4n) is 1.09. The van der Waals surface area contributed by atoms with Crippen molar-refractivity contribution in [3.05, 3.63) is 23.9 Å². The highest BCUT2D eigenvalue weighted by atomic mass is 16.5. The zero-order valence-electron chi connectivity index (χ0n) is 9.10. The first-order chi connectivity index (χ1) is 7.22. The van der Waals surface area contributed by atoms with Crippen molar-refractivity contribution in [3.63, 3.8) is 0 Å². The number of ether oxygens (including phenoxy) is 1. The van der Waals surface area contributed by atoms with Crippen molar-refractivity contribution in [3.8, 4) is 11.9 Å². The molecule has 0 bridgehead atoms. The van der Waals surface area contributed by atoms with Crippen molar-refractivity contribution in [2.45, 2.75) is 6.42 Å². The lowest BCUT2D eigenvalue weighted by atomic mass is 10.3. The van der Waals surface area contributed by atoms with E-state index in [1.807, 2.05) is 20.2 Å². The van der Waals surface area contributed by atoms with E-state index < -0.39 is 0 Å². The molecule has 0 unspecified atom stereocenters. The number of rotatable bonds is 5. The molecule has 0 aliphatic rings. The Kier molecular flexibility index (Phi) is 4.58. The number of nitrogens with zero attached hydrogens (tertiary/aromatic N) is 3. The Morgan fingerprint density at radius 1 is 1.47 bits per heavy atom. The summed E-state index contributed by atoms with van der Waals surface area (Å²) in [4.78, 5) is 6.11. The van der Waals surface area contributed by atoms with E-state index in [-0.39, 0.29) is 0 Å². The number of pyridine rings is 1. The Morgan fingerprint density at radius 3 is 2.80 bits per heavy atom. The highest BCUT2D eigenvalue weighted by molar-refractivity contribution is 5.28. The van der Waals surface area contributed by atoms with Crippen LogP contribution in [0, 0.1) is 11.3 Å². The number of hydrogen-bond donors (Lipinski definition) is 0. The first kappa shape index (κ1) is 11.5. The Hall–Kier alpha value is -1.60. The summed E-state index contributed by atoms with van der Waals surface area (Å²) in [5, 5.41) is 8.57. The van der Waals surface area contributed by atoms with Crippen molar-refractivity contribution in [1.82, 2.24) is 9.88 Å². The maximum atomic E-state index is 8.57. The monoisotopic (exact) mass is 205 g/mol. The van der Waals surface area contributed by atoms with Gasteiger partial charge in [0.2, 0.25) is 5.88 Å². The van der Waals surface area contributed by atoms with Crippen LogP contribution in [0.2, 0.25) is 0 Å². The largest absolute Gasteiger partial charge is 0.478 e. The van der Waals surface area contributed by atoms with Crippen molar-refractivity contribution >= 4 is 0 Å². The second-order valence-corrected chi connectivity index (χ2v) is 3.50. The number of nitriles is 1. The fraction of sp³-hybridized carbons (Fsp3) is 0.455. The second-order valence-electron chi connectivity index (χ2n) is 3.50. The van der Waals surface area contributed by atoms with Crippen LogP contribution in [0.4, 0.5) is 0 Å². The molecule has 0 saturated carbocycles. The summed E-state index contributed by atoms with van der Waals surface area (Å²) >= 11 is 0. The minimum Gasteiger partial charge on any atom is -0.478 e. The van der Waals surface area contributed by atoms with E-state index >= 15 is 0 Å². The predicted molar refractivity (Wildman–Crippen MR) is 57.6 cm³/mol. The van der Waals surface area contributed by atoms with Crippen LogP contribution in [0.25, 0.3) is 0 Å². The molecule has 0 radical (unpaired) electrons. The Bertz CT molecular complexity index is 327. The summed E-state index contributed by atoms with van der Waals surface area (Å²) in [5.74, 6) is 0.577. The van der Waals surface area contributed by atoms with Gasteiger partial charge in [-0.05, 0) is 26.6 Å². The van der Waals surface area contributed by atoms with Crippen molar-refractivity contribution in [1.29, 1.82) is 5.26 Å². The van der Waals surface area contributed by atoms with Gasteiger partial charge in [0.1, 0.15) is 6.07 Å². The van der Waals surface area contributed by atoms with E-state index in [0.717, 1.165) is 13.0 Å². The minimum atomic E-state index is 0.552. The average Bonchev–Trinajstić information content (AvgIpc) is 2.25. The van der Waals surface area contributed by atoms with E-state index in [9.17, 15) is 0 Å². The summed E-state index contributed by atoms with van der Waals surface area (Å²) in [7, 11) is 4.06. The highest BCUT2D eigenvalue weighted by Crippen LogP contribution is 2.06. The minimum absolute atomic E-state index is 0.552. The topological polar surface area (TPSA) is 49.1 Å². The molecular formula is C11H15N3O. The van der Waals surface area contributed by atoms with Gasteiger partial charge in [-0.1, -0.05) is 0 Å². The van der Waals surface area contributed by atoms with E-state index in [2.05, 4.69) is 9.88 Å². The fourth-order valence-corrected chi connectivity index (χ4v) is 1.09. The summed E-state index contributed by atoms with van der Waals surface area (Å²) in [5.41, 5.74) is 0.552. The third-order valence-electron chi connectivity index (χ3n) is 1.87. The van der Waals surface area contributed by atoms with Crippen molar-refractivity contribution in [2.75, 3.05) is 27.2 Å². The van der Waals surface area contributed by atoms with Crippen molar-refractivity contribution < 1.29 is 4.74 Å². The molecule has 0 fully saturated rings. The first-order valence-corrected chi connectivity index (χ1v) is 4.86. The second kappa shape index (κ2) is 5.99. The normalized spacial score (nSPS) is 10.0. The molecule has 0 atom stereocenters. The average molecular weight is 205 g/mol. The maximum absolute atomic E-state index is 8.57. The number of hydrogen-bond acceptors (Lipinski definition) is 4. The van der Waals surface area contributed by atoms with Crippen LogP contribution in [0.3, 0.4) is 0 Å². The van der Waals surface area contributed by atoms with Crippen molar-refractivity contribution in [2.24, 2.45) is 0 Å². The quantitative estimate of drug-likeness (QED) is 0.679. The molecule has 1 heterocycles. The van der Waals surface area contributed by atoms with Gasteiger partial charge in [0, 0.05) is 18.8 Å². The number of aromatic nitrogens is 1. The molecular weight excluding hydrogens is 190 g/mol. The SMILES string of the molecule is CN(C)CCCOc1ccc(C#N)cn1. The zero-order chi connectivity index (χ0) is 11.1. The molecule has 80 valence electrons. The first-order valence-electron chi connectivity index (χ1n) is 4.86. The molecule has 0 aromatic carbocycles. The molecule has 1 aromatic heterocycles. The molecule has 4 nitrogen and oxygen atoms in total. The lowest BCUT2D eigenvalue weighted by molar-refractivity contribution is 0.273. The summed E-state index contributed by atoms with van der Waals surface area (Å²) in [6.07, 6.45) is 2.48. The lowest BCUT2D eigenvalue weighted by Crippen LogP contribution is -2.15. The molecule has 0 aliphatic heterocycles. The van der Waals surface area contributed by atoms with Crippen LogP contribution in [-0.4, -0.2) is 37.1 Å². The summed E-state index contributed by atoms with van der Waals surface area (Å²) < 4.78 is 5.41. The summed E-state index contributed by atoms with van der Waals surface area (Å²) in [6, 6.07) is 5.43. The van der Waals surface area contributed by atoms with Crippen LogP contribution in [0.5, 0.6) is 5.88 Å². The van der Waals surface area contributed by atoms with Gasteiger partial charge in [0.15, 0.2) is 0 Å². The van der Waals surface area contributed by atoms with E-state index in [1.165, 1.54) is 6.20 Å². The predicted octanol–water partition coefficient (Wildman–Crippen LogP) is 1.28. The van der Waals surface area contributed by atoms with E-state index in [0.29, 0.717) is 18.1 Å². The zero-order valence-corrected chi connectivity index (χ0v) is 9.10. The smallest absolute Gasteiger partial charge is 0.213 e. The Labute approximate surface area is 90.1 Å². The molecule has 0 aliphatic carbocycles. The van der Waals surface area contributed by atoms with Crippen LogP contribution in [0.1, 0.15) is 12.0 Å². The van der Waals surface area contributed by atoms with Crippen LogP contribution in [0.15, 0.2) is 18.3 Å². The molecule has 4 heteroatoms.